The monoisotopic (exact) mass is 570 g/mol. The number of hydrogen-bond donors (Lipinski definition) is 2. The molecule has 3 N–H and O–H groups in total. The zero-order valence-electron chi connectivity index (χ0n) is 22.7. The first kappa shape index (κ1) is 28.4. The number of likely N-dealkylation sites (tertiary alicyclic amines) is 1. The number of halogens is 3. The minimum atomic E-state index is -4.65. The summed E-state index contributed by atoms with van der Waals surface area (Å²) >= 11 is 0. The molecule has 216 valence electrons. The Morgan fingerprint density at radius 3 is 2.44 bits per heavy atom. The third-order valence-corrected chi connectivity index (χ3v) is 7.24. The Balaban J connectivity index is 1.45. The van der Waals surface area contributed by atoms with E-state index in [4.69, 9.17) is 14.9 Å². The van der Waals surface area contributed by atoms with Gasteiger partial charge in [-0.15, -0.1) is 0 Å². The number of benzene rings is 1. The molecule has 1 aliphatic heterocycles. The van der Waals surface area contributed by atoms with E-state index in [1.807, 2.05) is 6.92 Å². The third kappa shape index (κ3) is 5.34. The molecular weight excluding hydrogens is 541 g/mol. The molecule has 1 atom stereocenters. The number of pyridine rings is 1. The van der Waals surface area contributed by atoms with Crippen LogP contribution in [0.1, 0.15) is 66.1 Å². The van der Waals surface area contributed by atoms with Gasteiger partial charge in [-0.3, -0.25) is 4.79 Å². The molecule has 0 saturated carbocycles. The number of aromatic nitrogens is 4. The zero-order chi connectivity index (χ0) is 29.5. The minimum absolute atomic E-state index is 0.00664. The van der Waals surface area contributed by atoms with Crippen LogP contribution in [0.25, 0.3) is 22.4 Å². The summed E-state index contributed by atoms with van der Waals surface area (Å²) in [7, 11) is 1.33. The summed E-state index contributed by atoms with van der Waals surface area (Å²) in [5, 5.41) is 11.5. The number of methoxy groups -OCH3 is 1. The Morgan fingerprint density at radius 2 is 1.85 bits per heavy atom. The van der Waals surface area contributed by atoms with Crippen LogP contribution in [0, 0.1) is 0 Å². The van der Waals surface area contributed by atoms with E-state index in [2.05, 4.69) is 19.9 Å². The number of alkyl halides is 3. The second-order valence-corrected chi connectivity index (χ2v) is 10.0. The van der Waals surface area contributed by atoms with Gasteiger partial charge in [0.2, 0.25) is 5.89 Å². The van der Waals surface area contributed by atoms with E-state index in [0.717, 1.165) is 18.1 Å². The Morgan fingerprint density at radius 1 is 1.17 bits per heavy atom. The van der Waals surface area contributed by atoms with Gasteiger partial charge in [-0.1, -0.05) is 6.92 Å². The summed E-state index contributed by atoms with van der Waals surface area (Å²) < 4.78 is 51.2. The molecule has 3 aromatic heterocycles. The summed E-state index contributed by atoms with van der Waals surface area (Å²) in [6.07, 6.45) is -0.0545. The van der Waals surface area contributed by atoms with Crippen LogP contribution in [0.15, 0.2) is 41.1 Å². The Labute approximate surface area is 233 Å². The second kappa shape index (κ2) is 10.7. The standard InChI is InChI=1S/C28H29F3N6O4/c1-4-16-13-33-26(34-14-16)27(39)9-11-37(12-10-27)25(38)22-23(15(2)32)41-24(36-22)18-5-7-19(40-3)21-17(18)6-8-20(35-21)28(29,30)31/h5-8,13-15,39H,4,9-12,32H2,1-3H3/t15-/m0/s1. The molecule has 4 aromatic rings. The number of carbonyl (C=O) groups is 1. The first-order valence-corrected chi connectivity index (χ1v) is 13.1. The van der Waals surface area contributed by atoms with Crippen LogP contribution in [0.5, 0.6) is 5.75 Å². The van der Waals surface area contributed by atoms with Gasteiger partial charge in [-0.25, -0.2) is 19.9 Å². The molecule has 0 radical (unpaired) electrons. The van der Waals surface area contributed by atoms with Gasteiger partial charge in [0, 0.05) is 49.3 Å². The molecule has 1 aliphatic rings. The maximum Gasteiger partial charge on any atom is 0.433 e. The van der Waals surface area contributed by atoms with Crippen LogP contribution in [0.4, 0.5) is 13.2 Å². The normalized spacial score (nSPS) is 16.1. The number of piperidine rings is 1. The molecule has 4 heterocycles. The lowest BCUT2D eigenvalue weighted by Crippen LogP contribution is -2.46. The predicted molar refractivity (Wildman–Crippen MR) is 142 cm³/mol. The number of hydrogen-bond acceptors (Lipinski definition) is 9. The van der Waals surface area contributed by atoms with E-state index in [1.54, 1.807) is 30.3 Å². The van der Waals surface area contributed by atoms with E-state index in [1.165, 1.54) is 19.2 Å². The van der Waals surface area contributed by atoms with E-state index in [9.17, 15) is 23.1 Å². The minimum Gasteiger partial charge on any atom is -0.494 e. The van der Waals surface area contributed by atoms with Crippen molar-refractivity contribution in [3.8, 4) is 17.2 Å². The van der Waals surface area contributed by atoms with Gasteiger partial charge in [-0.05, 0) is 43.2 Å². The number of aryl methyl sites for hydroxylation is 1. The number of aliphatic hydroxyl groups is 1. The highest BCUT2D eigenvalue weighted by Crippen LogP contribution is 2.38. The fourth-order valence-corrected chi connectivity index (χ4v) is 4.84. The van der Waals surface area contributed by atoms with Crippen LogP contribution in [-0.4, -0.2) is 56.0 Å². The van der Waals surface area contributed by atoms with Crippen molar-refractivity contribution >= 4 is 16.8 Å². The number of nitrogens with zero attached hydrogens (tertiary/aromatic N) is 5. The largest absolute Gasteiger partial charge is 0.494 e. The van der Waals surface area contributed by atoms with Gasteiger partial charge < -0.3 is 24.9 Å². The van der Waals surface area contributed by atoms with E-state index < -0.39 is 29.4 Å². The lowest BCUT2D eigenvalue weighted by atomic mass is 9.90. The molecule has 1 aromatic carbocycles. The van der Waals surface area contributed by atoms with Crippen molar-refractivity contribution in [2.75, 3.05) is 20.2 Å². The summed E-state index contributed by atoms with van der Waals surface area (Å²) in [6.45, 7) is 4.05. The van der Waals surface area contributed by atoms with Gasteiger partial charge in [0.15, 0.2) is 17.3 Å². The van der Waals surface area contributed by atoms with Crippen molar-refractivity contribution in [3.63, 3.8) is 0 Å². The second-order valence-electron chi connectivity index (χ2n) is 10.0. The van der Waals surface area contributed by atoms with Gasteiger partial charge in [-0.2, -0.15) is 13.2 Å². The molecule has 0 aliphatic carbocycles. The molecule has 0 unspecified atom stereocenters. The topological polar surface area (TPSA) is 140 Å². The first-order valence-electron chi connectivity index (χ1n) is 13.1. The lowest BCUT2D eigenvalue weighted by molar-refractivity contribution is -0.140. The van der Waals surface area contributed by atoms with Crippen LogP contribution in [0.2, 0.25) is 0 Å². The molecule has 10 nitrogen and oxygen atoms in total. The fraction of sp³-hybridized carbons (Fsp3) is 0.393. The molecule has 1 fully saturated rings. The molecule has 13 heteroatoms. The highest BCUT2D eigenvalue weighted by molar-refractivity contribution is 5.98. The van der Waals surface area contributed by atoms with Crippen LogP contribution in [0.3, 0.4) is 0 Å². The van der Waals surface area contributed by atoms with Crippen LogP contribution >= 0.6 is 0 Å². The Kier molecular flexibility index (Phi) is 7.43. The first-order chi connectivity index (χ1) is 19.4. The highest BCUT2D eigenvalue weighted by Gasteiger charge is 2.39. The molecule has 41 heavy (non-hydrogen) atoms. The fourth-order valence-electron chi connectivity index (χ4n) is 4.84. The highest BCUT2D eigenvalue weighted by atomic mass is 19.4. The number of fused-ring (bicyclic) bond motifs is 1. The number of ether oxygens (including phenoxy) is 1. The molecule has 5 rings (SSSR count). The number of rotatable bonds is 6. The van der Waals surface area contributed by atoms with Crippen molar-refractivity contribution in [1.82, 2.24) is 24.8 Å². The average molecular weight is 571 g/mol. The van der Waals surface area contributed by atoms with E-state index >= 15 is 0 Å². The molecule has 0 spiro atoms. The number of nitrogens with two attached hydrogens (primary N) is 1. The van der Waals surface area contributed by atoms with Gasteiger partial charge >= 0.3 is 6.18 Å². The van der Waals surface area contributed by atoms with Crippen molar-refractivity contribution in [3.05, 3.63) is 65.2 Å². The number of oxazole rings is 1. The van der Waals surface area contributed by atoms with Crippen molar-refractivity contribution in [2.24, 2.45) is 5.73 Å². The maximum absolute atomic E-state index is 13.6. The van der Waals surface area contributed by atoms with Crippen LogP contribution in [-0.2, 0) is 18.2 Å². The van der Waals surface area contributed by atoms with Gasteiger partial charge in [0.05, 0.1) is 13.2 Å². The molecule has 1 amide bonds. The Bertz CT molecular complexity index is 1580. The summed E-state index contributed by atoms with van der Waals surface area (Å²) in [5.74, 6) is 0.155. The summed E-state index contributed by atoms with van der Waals surface area (Å²) in [4.78, 5) is 32.0. The lowest BCUT2D eigenvalue weighted by Gasteiger charge is -2.36. The summed E-state index contributed by atoms with van der Waals surface area (Å²) in [6, 6.07) is 4.46. The van der Waals surface area contributed by atoms with Crippen molar-refractivity contribution in [1.29, 1.82) is 0 Å². The summed E-state index contributed by atoms with van der Waals surface area (Å²) in [5.41, 5.74) is 5.02. The quantitative estimate of drug-likeness (QED) is 0.345. The van der Waals surface area contributed by atoms with Gasteiger partial charge in [0.1, 0.15) is 22.6 Å². The van der Waals surface area contributed by atoms with Crippen molar-refractivity contribution < 1.29 is 32.2 Å². The molecular formula is C28H29F3N6O4. The SMILES string of the molecule is CCc1cnc(C2(O)CCN(C(=O)c3nc(-c4ccc(OC)c5nc(C(F)(F)F)ccc45)oc3[C@H](C)N)CC2)nc1. The van der Waals surface area contributed by atoms with E-state index in [0.29, 0.717) is 16.8 Å². The smallest absolute Gasteiger partial charge is 0.433 e. The maximum atomic E-state index is 13.6. The molecule has 0 bridgehead atoms. The zero-order valence-corrected chi connectivity index (χ0v) is 22.7. The average Bonchev–Trinajstić information content (AvgIpc) is 3.41. The van der Waals surface area contributed by atoms with Gasteiger partial charge in [0.25, 0.3) is 5.91 Å². The van der Waals surface area contributed by atoms with Crippen molar-refractivity contribution in [2.45, 2.75) is 50.9 Å². The predicted octanol–water partition coefficient (Wildman–Crippen LogP) is 4.41. The van der Waals surface area contributed by atoms with E-state index in [-0.39, 0.29) is 54.5 Å². The number of carbonyl (C=O) groups excluding carboxylic acids is 1. The Hall–Kier alpha value is -4.10. The third-order valence-electron chi connectivity index (χ3n) is 7.24. The number of amides is 1. The molecule has 1 saturated heterocycles. The van der Waals surface area contributed by atoms with Crippen LogP contribution < -0.4 is 10.5 Å².